The van der Waals surface area contributed by atoms with Gasteiger partial charge < -0.3 is 9.55 Å². The number of H-pyrrole nitrogens is 1. The van der Waals surface area contributed by atoms with E-state index in [1.54, 1.807) is 0 Å². The van der Waals surface area contributed by atoms with Crippen LogP contribution in [0.3, 0.4) is 0 Å². The van der Waals surface area contributed by atoms with E-state index in [-0.39, 0.29) is 34.3 Å². The van der Waals surface area contributed by atoms with Gasteiger partial charge in [-0.3, -0.25) is 0 Å². The van der Waals surface area contributed by atoms with Crippen LogP contribution in [0.1, 0.15) is 6.42 Å². The van der Waals surface area contributed by atoms with Gasteiger partial charge in [0.1, 0.15) is 5.52 Å². The smallest absolute Gasteiger partial charge is 0.184 e. The molecule has 0 spiro atoms. The fraction of sp³-hybridized carbons (Fsp3) is 0.417. The molecular formula is C12H12F2N2O2S2. The monoisotopic (exact) mass is 318 g/mol. The van der Waals surface area contributed by atoms with Crippen LogP contribution in [0.25, 0.3) is 11.0 Å². The van der Waals surface area contributed by atoms with Gasteiger partial charge in [-0.25, -0.2) is 17.2 Å². The lowest BCUT2D eigenvalue weighted by atomic mass is 10.1. The van der Waals surface area contributed by atoms with Crippen LogP contribution >= 0.6 is 12.2 Å². The molecule has 2 aromatic rings. The van der Waals surface area contributed by atoms with Crippen molar-refractivity contribution in [3.8, 4) is 0 Å². The molecule has 0 bridgehead atoms. The molecular weight excluding hydrogens is 306 g/mol. The van der Waals surface area contributed by atoms with Gasteiger partial charge in [0.25, 0.3) is 0 Å². The molecule has 1 aliphatic rings. The number of rotatable bonds is 2. The maximum absolute atomic E-state index is 13.9. The summed E-state index contributed by atoms with van der Waals surface area (Å²) in [6, 6.07) is 2.46. The number of imidazole rings is 1. The Morgan fingerprint density at radius 2 is 2.15 bits per heavy atom. The van der Waals surface area contributed by atoms with Gasteiger partial charge in [0, 0.05) is 6.54 Å². The van der Waals surface area contributed by atoms with E-state index in [0.717, 1.165) is 6.07 Å². The van der Waals surface area contributed by atoms with Crippen LogP contribution < -0.4 is 0 Å². The molecule has 4 nitrogen and oxygen atoms in total. The first kappa shape index (κ1) is 13.7. The van der Waals surface area contributed by atoms with Crippen molar-refractivity contribution in [2.45, 2.75) is 13.0 Å². The summed E-state index contributed by atoms with van der Waals surface area (Å²) in [5.74, 6) is -1.81. The summed E-state index contributed by atoms with van der Waals surface area (Å²) >= 11 is 5.12. The molecule has 1 aromatic carbocycles. The Morgan fingerprint density at radius 3 is 2.80 bits per heavy atom. The van der Waals surface area contributed by atoms with Crippen LogP contribution in [0.4, 0.5) is 8.78 Å². The Labute approximate surface area is 119 Å². The zero-order valence-corrected chi connectivity index (χ0v) is 12.0. The van der Waals surface area contributed by atoms with Crippen LogP contribution in [0, 0.1) is 22.3 Å². The van der Waals surface area contributed by atoms with Gasteiger partial charge in [-0.05, 0) is 36.7 Å². The Bertz CT molecular complexity index is 839. The van der Waals surface area contributed by atoms with E-state index in [4.69, 9.17) is 12.2 Å². The molecule has 1 N–H and O–H groups in total. The van der Waals surface area contributed by atoms with Gasteiger partial charge in [-0.1, -0.05) is 0 Å². The zero-order valence-electron chi connectivity index (χ0n) is 10.4. The molecule has 0 amide bonds. The summed E-state index contributed by atoms with van der Waals surface area (Å²) in [7, 11) is -3.01. The molecule has 0 aliphatic carbocycles. The fourth-order valence-electron chi connectivity index (χ4n) is 2.64. The first-order valence-electron chi connectivity index (χ1n) is 6.14. The highest BCUT2D eigenvalue weighted by molar-refractivity contribution is 7.91. The highest BCUT2D eigenvalue weighted by atomic mass is 32.2. The first-order chi connectivity index (χ1) is 9.37. The second kappa shape index (κ2) is 4.63. The highest BCUT2D eigenvalue weighted by Crippen LogP contribution is 2.25. The van der Waals surface area contributed by atoms with Crippen molar-refractivity contribution in [3.05, 3.63) is 28.5 Å². The van der Waals surface area contributed by atoms with Gasteiger partial charge >= 0.3 is 0 Å². The summed E-state index contributed by atoms with van der Waals surface area (Å²) in [5.41, 5.74) is 0.481. The topological polar surface area (TPSA) is 54.9 Å². The number of nitrogens with one attached hydrogen (secondary N) is 1. The van der Waals surface area contributed by atoms with Crippen molar-refractivity contribution < 1.29 is 17.2 Å². The van der Waals surface area contributed by atoms with Crippen molar-refractivity contribution in [2.75, 3.05) is 11.5 Å². The normalized spacial score (nSPS) is 21.6. The first-order valence-corrected chi connectivity index (χ1v) is 8.37. The molecule has 108 valence electrons. The fourth-order valence-corrected chi connectivity index (χ4v) is 4.76. The number of aromatic amines is 1. The third-order valence-corrected chi connectivity index (χ3v) is 5.75. The van der Waals surface area contributed by atoms with Gasteiger partial charge in [-0.2, -0.15) is 0 Å². The summed E-state index contributed by atoms with van der Waals surface area (Å²) < 4.78 is 51.9. The largest absolute Gasteiger partial charge is 0.330 e. The molecule has 0 saturated carbocycles. The lowest BCUT2D eigenvalue weighted by Crippen LogP contribution is -2.13. The summed E-state index contributed by atoms with van der Waals surface area (Å²) in [6.07, 6.45) is 0.522. The van der Waals surface area contributed by atoms with Crippen molar-refractivity contribution >= 4 is 33.1 Å². The minimum Gasteiger partial charge on any atom is -0.330 e. The van der Waals surface area contributed by atoms with E-state index in [1.165, 1.54) is 10.6 Å². The third-order valence-electron chi connectivity index (χ3n) is 3.59. The molecule has 1 fully saturated rings. The number of aromatic nitrogens is 2. The van der Waals surface area contributed by atoms with E-state index in [0.29, 0.717) is 11.9 Å². The minimum absolute atomic E-state index is 0.0678. The maximum atomic E-state index is 13.9. The van der Waals surface area contributed by atoms with Crippen LogP contribution in [0.5, 0.6) is 0 Å². The number of benzene rings is 1. The van der Waals surface area contributed by atoms with Crippen molar-refractivity contribution in [1.29, 1.82) is 0 Å². The van der Waals surface area contributed by atoms with E-state index >= 15 is 0 Å². The van der Waals surface area contributed by atoms with E-state index in [1.807, 2.05) is 0 Å². The van der Waals surface area contributed by atoms with Crippen molar-refractivity contribution in [3.63, 3.8) is 0 Å². The number of hydrogen-bond acceptors (Lipinski definition) is 3. The Morgan fingerprint density at radius 1 is 1.40 bits per heavy atom. The third kappa shape index (κ3) is 2.26. The molecule has 1 aromatic heterocycles. The predicted octanol–water partition coefficient (Wildman–Crippen LogP) is 2.41. The average molecular weight is 318 g/mol. The van der Waals surface area contributed by atoms with Crippen molar-refractivity contribution in [1.82, 2.24) is 9.55 Å². The van der Waals surface area contributed by atoms with E-state index in [2.05, 4.69) is 4.98 Å². The quantitative estimate of drug-likeness (QED) is 0.865. The van der Waals surface area contributed by atoms with Crippen LogP contribution in [0.15, 0.2) is 12.1 Å². The van der Waals surface area contributed by atoms with E-state index < -0.39 is 21.5 Å². The van der Waals surface area contributed by atoms with Crippen LogP contribution in [-0.2, 0) is 16.4 Å². The standard InChI is InChI=1S/C12H12F2N2O2S2/c13-8-1-2-9-11(10(8)14)16(12(19)15-9)5-7-3-4-20(17,18)6-7/h1-2,7H,3-6H2,(H,15,19). The maximum Gasteiger partial charge on any atom is 0.184 e. The van der Waals surface area contributed by atoms with Gasteiger partial charge in [0.2, 0.25) is 0 Å². The minimum atomic E-state index is -3.01. The lowest BCUT2D eigenvalue weighted by molar-refractivity contribution is 0.479. The average Bonchev–Trinajstić information content (AvgIpc) is 2.86. The highest BCUT2D eigenvalue weighted by Gasteiger charge is 2.29. The van der Waals surface area contributed by atoms with Gasteiger partial charge in [0.05, 0.1) is 17.0 Å². The van der Waals surface area contributed by atoms with Crippen molar-refractivity contribution in [2.24, 2.45) is 5.92 Å². The van der Waals surface area contributed by atoms with Gasteiger partial charge in [-0.15, -0.1) is 0 Å². The summed E-state index contributed by atoms with van der Waals surface area (Å²) in [5, 5.41) is 0. The number of fused-ring (bicyclic) bond motifs is 1. The molecule has 1 aliphatic heterocycles. The Balaban J connectivity index is 2.06. The Kier molecular flexibility index (Phi) is 3.17. The zero-order chi connectivity index (χ0) is 14.5. The summed E-state index contributed by atoms with van der Waals surface area (Å²) in [6.45, 7) is 0.276. The molecule has 2 heterocycles. The lowest BCUT2D eigenvalue weighted by Gasteiger charge is -2.10. The van der Waals surface area contributed by atoms with Crippen LogP contribution in [-0.4, -0.2) is 29.5 Å². The summed E-state index contributed by atoms with van der Waals surface area (Å²) in [4.78, 5) is 2.81. The molecule has 1 saturated heterocycles. The SMILES string of the molecule is O=S1(=O)CCC(Cn2c(=S)[nH]c3ccc(F)c(F)c32)C1. The molecule has 8 heteroatoms. The van der Waals surface area contributed by atoms with Crippen LogP contribution in [0.2, 0.25) is 0 Å². The second-order valence-corrected chi connectivity index (χ2v) is 7.68. The van der Waals surface area contributed by atoms with Gasteiger partial charge in [0.15, 0.2) is 26.2 Å². The second-order valence-electron chi connectivity index (χ2n) is 5.07. The van der Waals surface area contributed by atoms with E-state index in [9.17, 15) is 17.2 Å². The molecule has 3 rings (SSSR count). The number of halogens is 2. The molecule has 0 radical (unpaired) electrons. The number of nitrogens with zero attached hydrogens (tertiary/aromatic N) is 1. The molecule has 20 heavy (non-hydrogen) atoms. The predicted molar refractivity (Wildman–Crippen MR) is 73.8 cm³/mol. The molecule has 1 atom stereocenters. The number of sulfone groups is 1. The number of hydrogen-bond donors (Lipinski definition) is 1. The molecule has 1 unspecified atom stereocenters. The Hall–Kier alpha value is -1.28.